The maximum absolute atomic E-state index is 17.2. The van der Waals surface area contributed by atoms with E-state index < -0.39 is 46.0 Å². The molecule has 8 atom stereocenters. The third kappa shape index (κ3) is 2.13. The summed E-state index contributed by atoms with van der Waals surface area (Å²) in [6.07, 6.45) is 2.61. The van der Waals surface area contributed by atoms with E-state index in [1.807, 2.05) is 27.7 Å². The molecule has 8 unspecified atom stereocenters. The molecule has 1 aliphatic heterocycles. The summed E-state index contributed by atoms with van der Waals surface area (Å²) in [5, 5.41) is 11.4. The van der Waals surface area contributed by atoms with E-state index in [0.29, 0.717) is 32.1 Å². The minimum atomic E-state index is -1.83. The standard InChI is InChI=1S/C24H33FO5/c1-13(26)24-19(29-20(2,3)30-24)11-17-16-7-6-14-10-15(27)8-9-21(14,4)23(16,25)18(28)12-22(17,24)5/h10,16-19,28H,6-9,11-12H2,1-5H3. The first-order valence-corrected chi connectivity index (χ1v) is 11.3. The number of rotatable bonds is 1. The lowest BCUT2D eigenvalue weighted by atomic mass is 9.44. The summed E-state index contributed by atoms with van der Waals surface area (Å²) in [6, 6.07) is 0. The minimum Gasteiger partial charge on any atom is -0.390 e. The average molecular weight is 421 g/mol. The molecule has 0 aromatic carbocycles. The lowest BCUT2D eigenvalue weighted by Crippen LogP contribution is -2.70. The summed E-state index contributed by atoms with van der Waals surface area (Å²) in [7, 11) is 0. The van der Waals surface area contributed by atoms with Crippen LogP contribution in [-0.4, -0.2) is 45.9 Å². The molecule has 166 valence electrons. The molecule has 1 saturated heterocycles. The van der Waals surface area contributed by atoms with Crippen molar-refractivity contribution in [2.45, 2.75) is 102 Å². The molecule has 5 nitrogen and oxygen atoms in total. The maximum atomic E-state index is 17.2. The Bertz CT molecular complexity index is 866. The monoisotopic (exact) mass is 420 g/mol. The van der Waals surface area contributed by atoms with Gasteiger partial charge in [0.25, 0.3) is 0 Å². The Morgan fingerprint density at radius 3 is 2.57 bits per heavy atom. The van der Waals surface area contributed by atoms with Gasteiger partial charge in [-0.15, -0.1) is 0 Å². The molecule has 0 aromatic heterocycles. The quantitative estimate of drug-likeness (QED) is 0.701. The third-order valence-electron chi connectivity index (χ3n) is 9.56. The number of ketones is 2. The highest BCUT2D eigenvalue weighted by molar-refractivity contribution is 5.92. The second-order valence-corrected chi connectivity index (χ2v) is 11.3. The van der Waals surface area contributed by atoms with Gasteiger partial charge in [-0.3, -0.25) is 9.59 Å². The summed E-state index contributed by atoms with van der Waals surface area (Å²) < 4.78 is 29.7. The van der Waals surface area contributed by atoms with Crippen molar-refractivity contribution in [3.05, 3.63) is 11.6 Å². The Balaban J connectivity index is 1.63. The van der Waals surface area contributed by atoms with Gasteiger partial charge in [0, 0.05) is 23.2 Å². The number of alkyl halides is 1. The smallest absolute Gasteiger partial charge is 0.164 e. The lowest BCUT2D eigenvalue weighted by molar-refractivity contribution is -0.250. The highest BCUT2D eigenvalue weighted by Gasteiger charge is 2.79. The Kier molecular flexibility index (Phi) is 4.03. The number of fused-ring (bicyclic) bond motifs is 7. The summed E-state index contributed by atoms with van der Waals surface area (Å²) in [5.41, 5.74) is -3.71. The second kappa shape index (κ2) is 5.81. The highest BCUT2D eigenvalue weighted by Crippen LogP contribution is 2.72. The molecule has 4 aliphatic carbocycles. The van der Waals surface area contributed by atoms with Crippen molar-refractivity contribution in [2.75, 3.05) is 0 Å². The fourth-order valence-corrected chi connectivity index (χ4v) is 8.31. The van der Waals surface area contributed by atoms with Crippen molar-refractivity contribution in [2.24, 2.45) is 22.7 Å². The number of hydrogen-bond acceptors (Lipinski definition) is 5. The molecule has 5 aliphatic rings. The molecule has 0 amide bonds. The van der Waals surface area contributed by atoms with E-state index in [1.165, 1.54) is 6.92 Å². The molecular weight excluding hydrogens is 387 g/mol. The van der Waals surface area contributed by atoms with Crippen molar-refractivity contribution in [3.63, 3.8) is 0 Å². The van der Waals surface area contributed by atoms with Crippen LogP contribution < -0.4 is 0 Å². The predicted molar refractivity (Wildman–Crippen MR) is 107 cm³/mol. The fourth-order valence-electron chi connectivity index (χ4n) is 8.31. The number of Topliss-reactive ketones (excluding diaryl/α,β-unsaturated/α-hetero) is 1. The number of hydrogen-bond donors (Lipinski definition) is 1. The molecular formula is C24H33FO5. The molecule has 0 aromatic rings. The summed E-state index contributed by atoms with van der Waals surface area (Å²) in [6.45, 7) is 9.03. The van der Waals surface area contributed by atoms with Crippen molar-refractivity contribution in [1.29, 1.82) is 0 Å². The van der Waals surface area contributed by atoms with Crippen LogP contribution in [0.1, 0.15) is 73.1 Å². The van der Waals surface area contributed by atoms with Gasteiger partial charge in [0.15, 0.2) is 23.0 Å². The van der Waals surface area contributed by atoms with Crippen LogP contribution in [0.15, 0.2) is 11.6 Å². The third-order valence-corrected chi connectivity index (χ3v) is 9.56. The SMILES string of the molecule is CC(=O)C12OC(C)(C)OC1CC1C3CCC4=CC(=O)CCC4(C)C3(F)C(O)CC12C. The van der Waals surface area contributed by atoms with Crippen molar-refractivity contribution in [3.8, 4) is 0 Å². The van der Waals surface area contributed by atoms with Crippen molar-refractivity contribution in [1.82, 2.24) is 0 Å². The zero-order chi connectivity index (χ0) is 21.9. The van der Waals surface area contributed by atoms with Crippen molar-refractivity contribution >= 4 is 11.6 Å². The van der Waals surface area contributed by atoms with Gasteiger partial charge in [-0.25, -0.2) is 4.39 Å². The van der Waals surface area contributed by atoms with Gasteiger partial charge in [0.1, 0.15) is 5.67 Å². The minimum absolute atomic E-state index is 0.0506. The van der Waals surface area contributed by atoms with E-state index in [-0.39, 0.29) is 23.9 Å². The number of aliphatic hydroxyl groups excluding tert-OH is 1. The number of carbonyl (C=O) groups is 2. The van der Waals surface area contributed by atoms with E-state index in [0.717, 1.165) is 5.57 Å². The molecule has 3 saturated carbocycles. The van der Waals surface area contributed by atoms with E-state index in [1.54, 1.807) is 6.08 Å². The lowest BCUT2D eigenvalue weighted by Gasteiger charge is -2.63. The first kappa shape index (κ1) is 20.8. The van der Waals surface area contributed by atoms with E-state index in [4.69, 9.17) is 9.47 Å². The molecule has 0 bridgehead atoms. The summed E-state index contributed by atoms with van der Waals surface area (Å²) >= 11 is 0. The van der Waals surface area contributed by atoms with Crippen LogP contribution in [0.5, 0.6) is 0 Å². The number of allylic oxidation sites excluding steroid dienone is 1. The Labute approximate surface area is 177 Å². The molecule has 30 heavy (non-hydrogen) atoms. The van der Waals surface area contributed by atoms with Crippen LogP contribution in [0.3, 0.4) is 0 Å². The largest absolute Gasteiger partial charge is 0.390 e. The second-order valence-electron chi connectivity index (χ2n) is 11.3. The van der Waals surface area contributed by atoms with E-state index >= 15 is 4.39 Å². The van der Waals surface area contributed by atoms with Crippen LogP contribution in [0.4, 0.5) is 4.39 Å². The maximum Gasteiger partial charge on any atom is 0.164 e. The molecule has 0 spiro atoms. The summed E-state index contributed by atoms with van der Waals surface area (Å²) in [5.74, 6) is -1.48. The van der Waals surface area contributed by atoms with Gasteiger partial charge < -0.3 is 14.6 Å². The van der Waals surface area contributed by atoms with Crippen LogP contribution in [0.25, 0.3) is 0 Å². The van der Waals surface area contributed by atoms with Crippen LogP contribution >= 0.6 is 0 Å². The molecule has 1 N–H and O–H groups in total. The Morgan fingerprint density at radius 1 is 1.20 bits per heavy atom. The topological polar surface area (TPSA) is 72.8 Å². The molecule has 1 heterocycles. The first-order valence-electron chi connectivity index (χ1n) is 11.3. The number of aliphatic hydroxyl groups is 1. The zero-order valence-electron chi connectivity index (χ0n) is 18.6. The van der Waals surface area contributed by atoms with Gasteiger partial charge >= 0.3 is 0 Å². The van der Waals surface area contributed by atoms with Gasteiger partial charge in [0.05, 0.1) is 12.2 Å². The number of ether oxygens (including phenoxy) is 2. The van der Waals surface area contributed by atoms with Crippen LogP contribution in [0.2, 0.25) is 0 Å². The normalized spacial score (nSPS) is 54.0. The van der Waals surface area contributed by atoms with E-state index in [9.17, 15) is 14.7 Å². The molecule has 4 fully saturated rings. The highest BCUT2D eigenvalue weighted by atomic mass is 19.1. The fraction of sp³-hybridized carbons (Fsp3) is 0.833. The molecule has 6 heteroatoms. The zero-order valence-corrected chi connectivity index (χ0v) is 18.6. The van der Waals surface area contributed by atoms with Gasteiger partial charge in [0.2, 0.25) is 0 Å². The van der Waals surface area contributed by atoms with Gasteiger partial charge in [-0.05, 0) is 64.9 Å². The average Bonchev–Trinajstić information content (AvgIpc) is 3.04. The Hall–Kier alpha value is -1.11. The van der Waals surface area contributed by atoms with Crippen LogP contribution in [-0.2, 0) is 19.1 Å². The number of halogens is 1. The van der Waals surface area contributed by atoms with Gasteiger partial charge in [-0.1, -0.05) is 19.4 Å². The predicted octanol–water partition coefficient (Wildman–Crippen LogP) is 3.67. The molecule has 5 rings (SSSR count). The Morgan fingerprint density at radius 2 is 1.90 bits per heavy atom. The van der Waals surface area contributed by atoms with E-state index in [2.05, 4.69) is 0 Å². The van der Waals surface area contributed by atoms with Gasteiger partial charge in [-0.2, -0.15) is 0 Å². The summed E-state index contributed by atoms with van der Waals surface area (Å²) in [4.78, 5) is 25.1. The number of carbonyl (C=O) groups excluding carboxylic acids is 2. The first-order chi connectivity index (χ1) is 13.8. The van der Waals surface area contributed by atoms with Crippen molar-refractivity contribution < 1.29 is 28.6 Å². The van der Waals surface area contributed by atoms with Crippen LogP contribution in [0, 0.1) is 22.7 Å². The molecule has 0 radical (unpaired) electrons.